The minimum Gasteiger partial charge on any atom is -0.491 e. The number of hydroxylamine groups is 1. The lowest BCUT2D eigenvalue weighted by Gasteiger charge is -2.34. The first-order valence-corrected chi connectivity index (χ1v) is 41.8. The molecule has 9 aromatic carbocycles. The van der Waals surface area contributed by atoms with Crippen LogP contribution in [0.3, 0.4) is 0 Å². The second kappa shape index (κ2) is 50.9. The Bertz CT molecular complexity index is 4770. The van der Waals surface area contributed by atoms with Crippen molar-refractivity contribution >= 4 is 143 Å². The van der Waals surface area contributed by atoms with Gasteiger partial charge in [0.05, 0.1) is 81.9 Å². The third-order valence-corrected chi connectivity index (χ3v) is 23.4. The molecule has 0 aliphatic carbocycles. The number of hydrogen-bond acceptors (Lipinski definition) is 19. The first-order chi connectivity index (χ1) is 57.0. The highest BCUT2D eigenvalue weighted by Gasteiger charge is 2.37. The molecule has 5 heterocycles. The number of rotatable bonds is 16. The largest absolute Gasteiger partial charge is 0.491 e. The molecular formula is C93H109Br3N4O18S4. The van der Waals surface area contributed by atoms with Crippen molar-refractivity contribution in [2.45, 2.75) is 115 Å². The summed E-state index contributed by atoms with van der Waals surface area (Å²) in [6.07, 6.45) is 4.59. The van der Waals surface area contributed by atoms with Crippen LogP contribution in [0, 0.1) is 39.5 Å². The predicted molar refractivity (Wildman–Crippen MR) is 499 cm³/mol. The third kappa shape index (κ3) is 28.2. The van der Waals surface area contributed by atoms with E-state index < -0.39 is 11.9 Å². The predicted octanol–water partition coefficient (Wildman–Crippen LogP) is 17.5. The van der Waals surface area contributed by atoms with Gasteiger partial charge in [-0.3, -0.25) is 19.6 Å². The molecule has 29 heteroatoms. The van der Waals surface area contributed by atoms with Crippen LogP contribution in [0.2, 0.25) is 0 Å². The van der Waals surface area contributed by atoms with Crippen molar-refractivity contribution < 1.29 is 86.5 Å². The van der Waals surface area contributed by atoms with Crippen LogP contribution in [0.15, 0.2) is 197 Å². The van der Waals surface area contributed by atoms with E-state index in [0.717, 1.165) is 109 Å². The second-order valence-electron chi connectivity index (χ2n) is 29.3. The average molecular weight is 1940 g/mol. The molecular weight excluding hydrogens is 1830 g/mol. The zero-order chi connectivity index (χ0) is 84.4. The number of ether oxygens (including phenoxy) is 9. The fourth-order valence-corrected chi connectivity index (χ4v) is 16.1. The van der Waals surface area contributed by atoms with Gasteiger partial charge in [0, 0.05) is 93.9 Å². The average Bonchev–Trinajstić information content (AvgIpc) is 1.60. The fraction of sp³-hybridized carbons (Fsp3) is 0.344. The number of methoxy groups -OCH3 is 4. The normalized spacial score (nSPS) is 15.9. The lowest BCUT2D eigenvalue weighted by molar-refractivity contribution is -0.143. The molecule has 0 bridgehead atoms. The van der Waals surface area contributed by atoms with E-state index in [1.54, 1.807) is 72.2 Å². The monoisotopic (exact) mass is 1930 g/mol. The van der Waals surface area contributed by atoms with Crippen molar-refractivity contribution in [3.8, 4) is 17.2 Å². The maximum Gasteiger partial charge on any atom is 0.337 e. The van der Waals surface area contributed by atoms with E-state index in [1.165, 1.54) is 50.7 Å². The first kappa shape index (κ1) is 102. The van der Waals surface area contributed by atoms with Crippen molar-refractivity contribution in [1.82, 2.24) is 20.6 Å². The Balaban J connectivity index is 0.000000239. The molecule has 0 unspecified atom stereocenters. The van der Waals surface area contributed by atoms with E-state index in [4.69, 9.17) is 43.1 Å². The molecule has 2 fully saturated rings. The molecule has 3 amide bonds. The Kier molecular flexibility index (Phi) is 42.6. The number of nitrogens with zero attached hydrogens (tertiary/aromatic N) is 2. The Morgan fingerprint density at radius 1 is 0.459 bits per heavy atom. The van der Waals surface area contributed by atoms with Crippen LogP contribution in [0.25, 0.3) is 0 Å². The number of hydrogen-bond donors (Lipinski definition) is 4. The highest BCUT2D eigenvalue weighted by molar-refractivity contribution is 9.11. The van der Waals surface area contributed by atoms with Gasteiger partial charge < -0.3 is 62.9 Å². The van der Waals surface area contributed by atoms with Gasteiger partial charge in [0.25, 0.3) is 5.91 Å². The summed E-state index contributed by atoms with van der Waals surface area (Å²) >= 11 is 10.2. The summed E-state index contributed by atoms with van der Waals surface area (Å²) < 4.78 is 49.7. The lowest BCUT2D eigenvalue weighted by atomic mass is 9.92. The molecule has 4 N–H and O–H groups in total. The molecule has 22 nitrogen and oxygen atoms in total. The van der Waals surface area contributed by atoms with E-state index in [0.29, 0.717) is 98.6 Å². The first-order valence-electron chi connectivity index (χ1n) is 39.1. The number of aryl methyl sites for hydroxylation is 5. The lowest BCUT2D eigenvalue weighted by Crippen LogP contribution is -2.41. The van der Waals surface area contributed by atoms with Gasteiger partial charge in [-0.15, -0.1) is 0 Å². The van der Waals surface area contributed by atoms with Crippen molar-refractivity contribution in [2.24, 2.45) is 11.8 Å². The molecule has 5 aliphatic heterocycles. The minimum absolute atomic E-state index is 0. The number of halogens is 3. The van der Waals surface area contributed by atoms with Crippen molar-refractivity contribution in [3.05, 3.63) is 297 Å². The Labute approximate surface area is 767 Å². The molecule has 0 spiro atoms. The SMILES string of the molecule is COC(=O)c1ccc(CBr)c(Br)c1.COC(=O)c1ccc(CC[C@H](CO)c2ccc(C)cc2)c(Br)c1.COC(=O)c1ccc2c(c1)OC[C@H](c1ccc(C)cc1)N(C(=O)C1CCOCC1)C2.COC(=O)c1ccc2c(c1)OC[C@H](c1ccc(C)cc1)NC2.Cc1ccc([C@H]2COc3cc(C(=O)NO)ccc3CN2C(=O)C2CCOCC2)cc1.S.S.S.S. The van der Waals surface area contributed by atoms with E-state index in [1.807, 2.05) is 72.2 Å². The summed E-state index contributed by atoms with van der Waals surface area (Å²) in [6, 6.07) is 59.4. The molecule has 654 valence electrons. The maximum absolute atomic E-state index is 13.5. The number of aliphatic hydroxyl groups is 1. The summed E-state index contributed by atoms with van der Waals surface area (Å²) in [5.74, 6) is 0.156. The molecule has 0 aromatic heterocycles. The summed E-state index contributed by atoms with van der Waals surface area (Å²) in [4.78, 5) is 88.8. The van der Waals surface area contributed by atoms with E-state index >= 15 is 0 Å². The number of carbonyl (C=O) groups excluding carboxylic acids is 7. The standard InChI is InChI=1S/C24H27NO5.C23H26N2O5.C19H21BrO3.C18H19NO3.C9H8Br2O2.4H2S/c1-16-3-5-17(6-4-16)21-15-30-22-13-19(24(27)28-2)7-8-20(22)14-25(21)23(26)18-9-11-29-12-10-18;1-15-2-4-16(5-3-15)20-14-30-21-12-18(22(26)24-28)6-7-19(21)13-25(20)23(27)17-8-10-29-11-9-17;1-13-3-5-14(6-4-13)17(12-21)10-8-15-7-9-16(11-18(15)20)19(22)23-2;1-12-3-5-13(6-4-12)16-11-22-17-9-14(18(20)21-2)7-8-15(17)10-19-16;1-13-9(12)6-2-3-7(5-10)8(11)4-6;;;;/h3-8,13,18,21H,9-12,14-15H2,1-2H3;2-7,12,17,20,28H,8-11,13-14H2,1H3,(H,24,26);3-7,9,11,17,21H,8,10,12H2,1-2H3;3-9,16,19H,10-11H2,1-2H3;2-4H,5H2,1H3;4*1H2/t21-;20-;17-;16-;;;;;/m1111...../s1. The molecule has 0 radical (unpaired) electrons. The number of aliphatic hydroxyl groups excluding tert-OH is 1. The van der Waals surface area contributed by atoms with Gasteiger partial charge in [-0.25, -0.2) is 24.7 Å². The zero-order valence-electron chi connectivity index (χ0n) is 69.5. The van der Waals surface area contributed by atoms with Crippen LogP contribution >= 0.6 is 102 Å². The van der Waals surface area contributed by atoms with Crippen molar-refractivity contribution in [2.75, 3.05) is 81.3 Å². The number of nitrogens with one attached hydrogen (secondary N) is 2. The Morgan fingerprint density at radius 2 is 0.811 bits per heavy atom. The van der Waals surface area contributed by atoms with E-state index in [9.17, 15) is 38.7 Å². The number of alkyl halides is 1. The number of carbonyl (C=O) groups is 7. The van der Waals surface area contributed by atoms with Gasteiger partial charge in [0.1, 0.15) is 37.1 Å². The topological polar surface area (TPSA) is 274 Å². The number of fused-ring (bicyclic) bond motifs is 3. The van der Waals surface area contributed by atoms with Crippen LogP contribution in [0.5, 0.6) is 17.2 Å². The highest BCUT2D eigenvalue weighted by Crippen LogP contribution is 2.39. The summed E-state index contributed by atoms with van der Waals surface area (Å²) in [5, 5.41) is 22.8. The smallest absolute Gasteiger partial charge is 0.337 e. The summed E-state index contributed by atoms with van der Waals surface area (Å²) in [6.45, 7) is 13.5. The quantitative estimate of drug-likeness (QED) is 0.0230. The van der Waals surface area contributed by atoms with Gasteiger partial charge in [-0.2, -0.15) is 54.0 Å². The molecule has 2 saturated heterocycles. The number of benzene rings is 9. The Hall–Kier alpha value is -8.69. The molecule has 14 rings (SSSR count). The van der Waals surface area contributed by atoms with Gasteiger partial charge in [-0.05, 0) is 160 Å². The minimum atomic E-state index is -0.601. The maximum atomic E-state index is 13.5. The molecule has 9 aromatic rings. The van der Waals surface area contributed by atoms with Gasteiger partial charge in [0.15, 0.2) is 0 Å². The molecule has 4 atom stereocenters. The van der Waals surface area contributed by atoms with Crippen LogP contribution in [-0.2, 0) is 69.4 Å². The van der Waals surface area contributed by atoms with Gasteiger partial charge in [-0.1, -0.05) is 197 Å². The van der Waals surface area contributed by atoms with Crippen molar-refractivity contribution in [3.63, 3.8) is 0 Å². The summed E-state index contributed by atoms with van der Waals surface area (Å²) in [7, 11) is 5.48. The van der Waals surface area contributed by atoms with Crippen LogP contribution in [0.4, 0.5) is 0 Å². The molecule has 5 aliphatic rings. The van der Waals surface area contributed by atoms with E-state index in [-0.39, 0.29) is 133 Å². The molecule has 122 heavy (non-hydrogen) atoms. The number of esters is 4. The van der Waals surface area contributed by atoms with Crippen LogP contribution < -0.4 is 25.0 Å². The molecule has 0 saturated carbocycles. The van der Waals surface area contributed by atoms with Crippen LogP contribution in [0.1, 0.15) is 180 Å². The van der Waals surface area contributed by atoms with Gasteiger partial charge >= 0.3 is 23.9 Å². The Morgan fingerprint density at radius 3 is 1.20 bits per heavy atom. The fourth-order valence-electron chi connectivity index (χ4n) is 14.1. The van der Waals surface area contributed by atoms with Gasteiger partial charge in [0.2, 0.25) is 11.8 Å². The third-order valence-electron chi connectivity index (χ3n) is 21.3. The number of amides is 3. The van der Waals surface area contributed by atoms with Crippen LogP contribution in [-0.4, -0.2) is 143 Å². The zero-order valence-corrected chi connectivity index (χ0v) is 78.3. The summed E-state index contributed by atoms with van der Waals surface area (Å²) in [5.41, 5.74) is 18.1. The van der Waals surface area contributed by atoms with Crippen molar-refractivity contribution in [1.29, 1.82) is 0 Å². The second-order valence-corrected chi connectivity index (χ2v) is 31.6. The van der Waals surface area contributed by atoms with E-state index in [2.05, 4.69) is 144 Å². The highest BCUT2D eigenvalue weighted by atomic mass is 79.9.